The lowest BCUT2D eigenvalue weighted by atomic mass is 10.2. The Bertz CT molecular complexity index is 617. The molecule has 1 heterocycles. The van der Waals surface area contributed by atoms with Crippen LogP contribution in [0, 0.1) is 5.82 Å². The second-order valence-electron chi connectivity index (χ2n) is 5.74. The molecular formula is C14H21FN2O2S2. The van der Waals surface area contributed by atoms with E-state index in [0.717, 1.165) is 11.3 Å². The first-order chi connectivity index (χ1) is 9.76. The molecule has 0 amide bonds. The monoisotopic (exact) mass is 332 g/mol. The van der Waals surface area contributed by atoms with Gasteiger partial charge in [-0.05, 0) is 38.6 Å². The molecule has 118 valence electrons. The van der Waals surface area contributed by atoms with Crippen molar-refractivity contribution in [2.45, 2.75) is 30.0 Å². The van der Waals surface area contributed by atoms with Gasteiger partial charge in [0.15, 0.2) is 0 Å². The van der Waals surface area contributed by atoms with Crippen LogP contribution in [0.1, 0.15) is 19.4 Å². The molecule has 1 saturated heterocycles. The molecule has 1 aromatic rings. The fourth-order valence-electron chi connectivity index (χ4n) is 2.38. The average Bonchev–Trinajstić information content (AvgIpc) is 2.40. The Balaban J connectivity index is 2.37. The Morgan fingerprint density at radius 3 is 2.76 bits per heavy atom. The number of nitrogens with zero attached hydrogens (tertiary/aromatic N) is 1. The lowest BCUT2D eigenvalue weighted by Gasteiger charge is -2.36. The minimum absolute atomic E-state index is 0.148. The standard InChI is InChI=1S/C14H21FN2O2S2/c1-14(2)10-17(6-7-20-14)21(18,19)13-8-11(9-16-3)4-5-12(13)15/h4-5,8,16H,6-7,9-10H2,1-3H3. The van der Waals surface area contributed by atoms with E-state index in [-0.39, 0.29) is 9.64 Å². The van der Waals surface area contributed by atoms with Gasteiger partial charge in [-0.25, -0.2) is 12.8 Å². The van der Waals surface area contributed by atoms with Gasteiger partial charge in [0.2, 0.25) is 10.0 Å². The van der Waals surface area contributed by atoms with E-state index < -0.39 is 15.8 Å². The highest BCUT2D eigenvalue weighted by Crippen LogP contribution is 2.33. The number of benzene rings is 1. The third kappa shape index (κ3) is 3.77. The summed E-state index contributed by atoms with van der Waals surface area (Å²) >= 11 is 1.74. The van der Waals surface area contributed by atoms with Crippen LogP contribution in [-0.4, -0.2) is 43.4 Å². The normalized spacial score (nSPS) is 19.6. The predicted octanol–water partition coefficient (Wildman–Crippen LogP) is 2.06. The maximum absolute atomic E-state index is 14.0. The molecule has 0 saturated carbocycles. The summed E-state index contributed by atoms with van der Waals surface area (Å²) in [6.45, 7) is 5.34. The third-order valence-corrected chi connectivity index (χ3v) is 6.54. The van der Waals surface area contributed by atoms with Gasteiger partial charge in [-0.15, -0.1) is 0 Å². The second-order valence-corrected chi connectivity index (χ2v) is 9.45. The first-order valence-electron chi connectivity index (χ1n) is 6.83. The Labute approximate surface area is 130 Å². The Kier molecular flexibility index (Phi) is 4.97. The van der Waals surface area contributed by atoms with Crippen LogP contribution in [0.2, 0.25) is 0 Å². The molecular weight excluding hydrogens is 311 g/mol. The van der Waals surface area contributed by atoms with Gasteiger partial charge in [0.1, 0.15) is 10.7 Å². The molecule has 1 aliphatic rings. The van der Waals surface area contributed by atoms with Crippen molar-refractivity contribution in [2.75, 3.05) is 25.9 Å². The second kappa shape index (κ2) is 6.24. The SMILES string of the molecule is CNCc1ccc(F)c(S(=O)(=O)N2CCSC(C)(C)C2)c1. The summed E-state index contributed by atoms with van der Waals surface area (Å²) in [6.07, 6.45) is 0. The molecule has 0 aromatic heterocycles. The number of halogens is 1. The highest BCUT2D eigenvalue weighted by atomic mass is 32.2. The molecule has 4 nitrogen and oxygen atoms in total. The van der Waals surface area contributed by atoms with Crippen LogP contribution < -0.4 is 5.32 Å². The van der Waals surface area contributed by atoms with Crippen molar-refractivity contribution in [3.8, 4) is 0 Å². The van der Waals surface area contributed by atoms with E-state index in [9.17, 15) is 12.8 Å². The van der Waals surface area contributed by atoms with E-state index in [2.05, 4.69) is 5.32 Å². The van der Waals surface area contributed by atoms with Crippen molar-refractivity contribution in [2.24, 2.45) is 0 Å². The summed E-state index contributed by atoms with van der Waals surface area (Å²) in [7, 11) is -2.02. The maximum Gasteiger partial charge on any atom is 0.246 e. The topological polar surface area (TPSA) is 49.4 Å². The van der Waals surface area contributed by atoms with Crippen LogP contribution in [0.3, 0.4) is 0 Å². The number of sulfonamides is 1. The fourth-order valence-corrected chi connectivity index (χ4v) is 5.40. The van der Waals surface area contributed by atoms with E-state index >= 15 is 0 Å². The number of thioether (sulfide) groups is 1. The smallest absolute Gasteiger partial charge is 0.246 e. The molecule has 1 N–H and O–H groups in total. The first kappa shape index (κ1) is 16.7. The molecule has 0 unspecified atom stereocenters. The first-order valence-corrected chi connectivity index (χ1v) is 9.26. The highest BCUT2D eigenvalue weighted by Gasteiger charge is 2.35. The zero-order valence-electron chi connectivity index (χ0n) is 12.5. The quantitative estimate of drug-likeness (QED) is 0.917. The molecule has 0 aliphatic carbocycles. The van der Waals surface area contributed by atoms with E-state index in [1.165, 1.54) is 16.4 Å². The minimum Gasteiger partial charge on any atom is -0.316 e. The van der Waals surface area contributed by atoms with E-state index in [4.69, 9.17) is 0 Å². The van der Waals surface area contributed by atoms with Crippen LogP contribution in [0.5, 0.6) is 0 Å². The summed E-state index contributed by atoms with van der Waals surface area (Å²) in [5.41, 5.74) is 0.753. The number of hydrogen-bond acceptors (Lipinski definition) is 4. The number of nitrogens with one attached hydrogen (secondary N) is 1. The molecule has 0 spiro atoms. The maximum atomic E-state index is 14.0. The summed E-state index contributed by atoms with van der Waals surface area (Å²) in [5, 5.41) is 2.94. The van der Waals surface area contributed by atoms with Crippen molar-refractivity contribution in [1.29, 1.82) is 0 Å². The van der Waals surface area contributed by atoms with Gasteiger partial charge in [0, 0.05) is 30.1 Å². The summed E-state index contributed by atoms with van der Waals surface area (Å²) in [5.74, 6) is 0.0373. The molecule has 1 fully saturated rings. The van der Waals surface area contributed by atoms with Crippen molar-refractivity contribution in [3.05, 3.63) is 29.6 Å². The lowest BCUT2D eigenvalue weighted by Crippen LogP contribution is -2.46. The highest BCUT2D eigenvalue weighted by molar-refractivity contribution is 8.00. The fraction of sp³-hybridized carbons (Fsp3) is 0.571. The van der Waals surface area contributed by atoms with Gasteiger partial charge in [0.05, 0.1) is 0 Å². The largest absolute Gasteiger partial charge is 0.316 e. The molecule has 21 heavy (non-hydrogen) atoms. The molecule has 0 radical (unpaired) electrons. The summed E-state index contributed by atoms with van der Waals surface area (Å²) in [6, 6.07) is 4.25. The lowest BCUT2D eigenvalue weighted by molar-refractivity contribution is 0.385. The Morgan fingerprint density at radius 2 is 2.14 bits per heavy atom. The number of rotatable bonds is 4. The van der Waals surface area contributed by atoms with Crippen LogP contribution >= 0.6 is 11.8 Å². The van der Waals surface area contributed by atoms with Crippen LogP contribution in [0.15, 0.2) is 23.1 Å². The van der Waals surface area contributed by atoms with Crippen molar-refractivity contribution < 1.29 is 12.8 Å². The minimum atomic E-state index is -3.79. The molecule has 0 atom stereocenters. The van der Waals surface area contributed by atoms with E-state index in [0.29, 0.717) is 19.6 Å². The van der Waals surface area contributed by atoms with Crippen LogP contribution in [0.25, 0.3) is 0 Å². The van der Waals surface area contributed by atoms with Gasteiger partial charge in [-0.1, -0.05) is 6.07 Å². The third-order valence-electron chi connectivity index (χ3n) is 3.38. The van der Waals surface area contributed by atoms with Crippen molar-refractivity contribution in [3.63, 3.8) is 0 Å². The zero-order valence-corrected chi connectivity index (χ0v) is 14.2. The van der Waals surface area contributed by atoms with Crippen LogP contribution in [0.4, 0.5) is 4.39 Å². The average molecular weight is 332 g/mol. The zero-order chi connectivity index (χ0) is 15.7. The molecule has 0 bridgehead atoms. The predicted molar refractivity (Wildman–Crippen MR) is 84.5 cm³/mol. The Hall–Kier alpha value is -0.630. The molecule has 1 aromatic carbocycles. The summed E-state index contributed by atoms with van der Waals surface area (Å²) < 4.78 is 40.7. The van der Waals surface area contributed by atoms with Gasteiger partial charge < -0.3 is 5.32 Å². The van der Waals surface area contributed by atoms with Crippen LogP contribution in [-0.2, 0) is 16.6 Å². The van der Waals surface area contributed by atoms with Gasteiger partial charge in [0.25, 0.3) is 0 Å². The molecule has 1 aliphatic heterocycles. The number of hydrogen-bond donors (Lipinski definition) is 1. The molecule has 7 heteroatoms. The van der Waals surface area contributed by atoms with E-state index in [1.54, 1.807) is 24.9 Å². The Morgan fingerprint density at radius 1 is 1.43 bits per heavy atom. The van der Waals surface area contributed by atoms with Gasteiger partial charge in [-0.3, -0.25) is 0 Å². The van der Waals surface area contributed by atoms with Gasteiger partial charge in [-0.2, -0.15) is 16.1 Å². The van der Waals surface area contributed by atoms with E-state index in [1.807, 2.05) is 13.8 Å². The molecule has 2 rings (SSSR count). The summed E-state index contributed by atoms with van der Waals surface area (Å²) in [4.78, 5) is -0.224. The van der Waals surface area contributed by atoms with Gasteiger partial charge >= 0.3 is 0 Å². The van der Waals surface area contributed by atoms with Crippen molar-refractivity contribution in [1.82, 2.24) is 9.62 Å². The van der Waals surface area contributed by atoms with Crippen molar-refractivity contribution >= 4 is 21.8 Å².